The molecule has 5 nitrogen and oxygen atoms in total. The van der Waals surface area contributed by atoms with Gasteiger partial charge in [-0.2, -0.15) is 0 Å². The second-order valence-electron chi connectivity index (χ2n) is 10.6. The predicted octanol–water partition coefficient (Wildman–Crippen LogP) is 7.76. The van der Waals surface area contributed by atoms with Crippen LogP contribution in [-0.4, -0.2) is 54.2 Å². The lowest BCUT2D eigenvalue weighted by molar-refractivity contribution is -0.135. The van der Waals surface area contributed by atoms with E-state index in [2.05, 4.69) is 4.90 Å². The van der Waals surface area contributed by atoms with Gasteiger partial charge in [-0.3, -0.25) is 18.9 Å². The number of fused-ring (bicyclic) bond motifs is 1. The van der Waals surface area contributed by atoms with Crippen molar-refractivity contribution in [2.45, 2.75) is 44.6 Å². The molecule has 1 aliphatic heterocycles. The normalized spacial score (nSPS) is 17.3. The summed E-state index contributed by atoms with van der Waals surface area (Å²) in [4.78, 5) is 25.9. The van der Waals surface area contributed by atoms with Gasteiger partial charge in [0.25, 0.3) is 0 Å². The van der Waals surface area contributed by atoms with Crippen molar-refractivity contribution in [1.82, 2.24) is 4.90 Å². The van der Waals surface area contributed by atoms with Gasteiger partial charge in [-0.1, -0.05) is 53.5 Å². The van der Waals surface area contributed by atoms with Gasteiger partial charge in [0.05, 0.1) is 6.67 Å². The minimum atomic E-state index is -1.14. The molecule has 0 aromatic heterocycles. The molecule has 5 rings (SSSR count). The first-order valence-corrected chi connectivity index (χ1v) is 14.7. The molecule has 1 fully saturated rings. The minimum absolute atomic E-state index is 0.0727. The fraction of sp³-hybridized carbons (Fsp3) is 0.333. The van der Waals surface area contributed by atoms with Crippen LogP contribution in [0, 0.1) is 0 Å². The number of hydrogen-bond donors (Lipinski definition) is 1. The summed E-state index contributed by atoms with van der Waals surface area (Å²) < 4.78 is 18.8. The minimum Gasteiger partial charge on any atom is -0.489 e. The molecule has 0 unspecified atom stereocenters. The highest BCUT2D eigenvalue weighted by molar-refractivity contribution is 6.36. The summed E-state index contributed by atoms with van der Waals surface area (Å²) in [6, 6.07) is 19.0. The fourth-order valence-corrected chi connectivity index (χ4v) is 6.33. The largest absolute Gasteiger partial charge is 0.489 e. The lowest BCUT2D eigenvalue weighted by Crippen LogP contribution is -2.26. The number of carboxylic acids is 1. The van der Waals surface area contributed by atoms with Crippen LogP contribution in [0.5, 0.6) is 5.75 Å². The number of ether oxygens (including phenoxy) is 1. The molecule has 0 saturated carbocycles. The number of rotatable bonds is 10. The zero-order valence-electron chi connectivity index (χ0n) is 22.7. The van der Waals surface area contributed by atoms with E-state index in [1.54, 1.807) is 12.1 Å². The maximum absolute atomic E-state index is 12.6. The zero-order chi connectivity index (χ0) is 28.9. The van der Waals surface area contributed by atoms with E-state index in [1.165, 1.54) is 0 Å². The van der Waals surface area contributed by atoms with Gasteiger partial charge in [0.1, 0.15) is 18.3 Å². The molecule has 3 aromatic rings. The monoisotopic (exact) mass is 595 g/mol. The van der Waals surface area contributed by atoms with Crippen molar-refractivity contribution in [3.8, 4) is 5.75 Å². The standard InChI is InChI=1S/C33H32Cl2FNO4/c34-24-8-12-28(30(35)18-24)29-4-1-3-22-17-23(31(38)19-32(39)40)7-11-27(22)33(29)21-5-9-25(10-6-21)41-26-13-16-37(20-26)15-2-14-36/h5-12,17-18,26H,1-4,13-16,19-20H2,(H,39,40)/t26-/m0/s1. The first kappa shape index (κ1) is 29.3. The summed E-state index contributed by atoms with van der Waals surface area (Å²) in [6.45, 7) is 2.16. The number of nitrogens with zero attached hydrogens (tertiary/aromatic N) is 1. The molecule has 1 saturated heterocycles. The summed E-state index contributed by atoms with van der Waals surface area (Å²) in [6.07, 6.45) is 3.33. The summed E-state index contributed by atoms with van der Waals surface area (Å²) in [5, 5.41) is 10.2. The molecule has 0 amide bonds. The maximum atomic E-state index is 12.6. The first-order valence-electron chi connectivity index (χ1n) is 13.9. The van der Waals surface area contributed by atoms with Crippen LogP contribution < -0.4 is 4.74 Å². The Morgan fingerprint density at radius 1 is 1.00 bits per heavy atom. The SMILES string of the molecule is O=C(O)CC(=O)c1ccc2c(c1)CCCC(c1ccc(Cl)cc1Cl)=C2c1ccc(O[C@H]2CCN(CCCF)C2)cc1. The number of carbonyl (C=O) groups excluding carboxylic acids is 1. The van der Waals surface area contributed by atoms with Crippen molar-refractivity contribution >= 4 is 46.1 Å². The second-order valence-corrected chi connectivity index (χ2v) is 11.4. The Morgan fingerprint density at radius 3 is 2.51 bits per heavy atom. The van der Waals surface area contributed by atoms with Crippen molar-refractivity contribution in [3.63, 3.8) is 0 Å². The van der Waals surface area contributed by atoms with Crippen molar-refractivity contribution in [1.29, 1.82) is 0 Å². The highest BCUT2D eigenvalue weighted by atomic mass is 35.5. The van der Waals surface area contributed by atoms with E-state index in [1.807, 2.05) is 48.5 Å². The molecule has 0 bridgehead atoms. The van der Waals surface area contributed by atoms with Gasteiger partial charge in [0, 0.05) is 35.2 Å². The molecule has 3 aromatic carbocycles. The molecular weight excluding hydrogens is 564 g/mol. The smallest absolute Gasteiger partial charge is 0.311 e. The average molecular weight is 597 g/mol. The number of aryl methyl sites for hydroxylation is 1. The van der Waals surface area contributed by atoms with E-state index in [0.29, 0.717) is 22.0 Å². The summed E-state index contributed by atoms with van der Waals surface area (Å²) in [7, 11) is 0. The Bertz CT molecular complexity index is 1470. The van der Waals surface area contributed by atoms with E-state index >= 15 is 0 Å². The highest BCUT2D eigenvalue weighted by Crippen LogP contribution is 2.42. The third kappa shape index (κ3) is 7.00. The lowest BCUT2D eigenvalue weighted by Gasteiger charge is -2.19. The van der Waals surface area contributed by atoms with E-state index in [4.69, 9.17) is 33.0 Å². The average Bonchev–Trinajstić information content (AvgIpc) is 3.30. The number of likely N-dealkylation sites (tertiary alicyclic amines) is 1. The van der Waals surface area contributed by atoms with Crippen LogP contribution in [0.4, 0.5) is 4.39 Å². The number of alkyl halides is 1. The molecule has 0 spiro atoms. The maximum Gasteiger partial charge on any atom is 0.311 e. The number of halogens is 3. The number of hydrogen-bond acceptors (Lipinski definition) is 4. The molecule has 8 heteroatoms. The summed E-state index contributed by atoms with van der Waals surface area (Å²) in [5.74, 6) is -0.772. The van der Waals surface area contributed by atoms with E-state index in [9.17, 15) is 14.0 Å². The summed E-state index contributed by atoms with van der Waals surface area (Å²) >= 11 is 12.9. The van der Waals surface area contributed by atoms with Crippen LogP contribution in [0.3, 0.4) is 0 Å². The number of allylic oxidation sites excluding steroid dienone is 1. The van der Waals surface area contributed by atoms with Crippen molar-refractivity contribution in [2.24, 2.45) is 0 Å². The van der Waals surface area contributed by atoms with E-state index in [-0.39, 0.29) is 12.8 Å². The number of carbonyl (C=O) groups is 2. The topological polar surface area (TPSA) is 66.8 Å². The van der Waals surface area contributed by atoms with Crippen LogP contribution in [0.1, 0.15) is 64.7 Å². The molecule has 214 valence electrons. The van der Waals surface area contributed by atoms with Crippen molar-refractivity contribution < 1.29 is 23.8 Å². The predicted molar refractivity (Wildman–Crippen MR) is 161 cm³/mol. The molecular formula is C33H32Cl2FNO4. The number of benzene rings is 3. The molecule has 2 aliphatic rings. The molecule has 1 aliphatic carbocycles. The lowest BCUT2D eigenvalue weighted by atomic mass is 9.87. The van der Waals surface area contributed by atoms with Gasteiger partial charge >= 0.3 is 5.97 Å². The number of aliphatic carboxylic acids is 1. The Labute approximate surface area is 249 Å². The Hall–Kier alpha value is -3.19. The van der Waals surface area contributed by atoms with Crippen LogP contribution in [0.2, 0.25) is 10.0 Å². The molecule has 1 N–H and O–H groups in total. The van der Waals surface area contributed by atoms with Crippen LogP contribution >= 0.6 is 23.2 Å². The van der Waals surface area contributed by atoms with Gasteiger partial charge in [0.15, 0.2) is 5.78 Å². The quantitative estimate of drug-likeness (QED) is 0.192. The third-order valence-corrected chi connectivity index (χ3v) is 8.27. The highest BCUT2D eigenvalue weighted by Gasteiger charge is 2.25. The van der Waals surface area contributed by atoms with Gasteiger partial charge in [0.2, 0.25) is 0 Å². The molecule has 0 radical (unpaired) electrons. The number of ketones is 1. The number of carboxylic acid groups (broad SMARTS) is 1. The number of Topliss-reactive ketones (excluding diaryl/α,β-unsaturated/α-hetero) is 1. The first-order chi connectivity index (χ1) is 19.8. The van der Waals surface area contributed by atoms with E-state index < -0.39 is 18.2 Å². The van der Waals surface area contributed by atoms with Crippen LogP contribution in [0.25, 0.3) is 11.1 Å². The summed E-state index contributed by atoms with van der Waals surface area (Å²) in [5.41, 5.74) is 6.39. The molecule has 1 heterocycles. The second kappa shape index (κ2) is 13.2. The van der Waals surface area contributed by atoms with Gasteiger partial charge in [-0.05, 0) is 95.8 Å². The fourth-order valence-electron chi connectivity index (χ4n) is 5.81. The van der Waals surface area contributed by atoms with Crippen molar-refractivity contribution in [3.05, 3.63) is 98.5 Å². The Balaban J connectivity index is 1.51. The van der Waals surface area contributed by atoms with Gasteiger partial charge in [-0.15, -0.1) is 0 Å². The van der Waals surface area contributed by atoms with Crippen LogP contribution in [-0.2, 0) is 11.2 Å². The van der Waals surface area contributed by atoms with Gasteiger partial charge in [-0.25, -0.2) is 0 Å². The molecule has 1 atom stereocenters. The Kier molecular flexibility index (Phi) is 9.43. The van der Waals surface area contributed by atoms with Crippen molar-refractivity contribution in [2.75, 3.05) is 26.3 Å². The Morgan fingerprint density at radius 2 is 1.78 bits per heavy atom. The zero-order valence-corrected chi connectivity index (χ0v) is 24.2. The van der Waals surface area contributed by atoms with Gasteiger partial charge < -0.3 is 9.84 Å². The molecule has 41 heavy (non-hydrogen) atoms. The third-order valence-electron chi connectivity index (χ3n) is 7.72. The van der Waals surface area contributed by atoms with Crippen LogP contribution in [0.15, 0.2) is 60.7 Å². The van der Waals surface area contributed by atoms with E-state index in [0.717, 1.165) is 84.5 Å².